The first-order valence-electron chi connectivity index (χ1n) is 13.0. The normalized spacial score (nSPS) is 32.2. The molecule has 194 valence electrons. The summed E-state index contributed by atoms with van der Waals surface area (Å²) in [4.78, 5) is 13.3. The van der Waals surface area contributed by atoms with Gasteiger partial charge in [0.2, 0.25) is 15.9 Å². The summed E-state index contributed by atoms with van der Waals surface area (Å²) in [6.07, 6.45) is 4.52. The standard InChI is InChI=1S/C25H34N6O4S/c1-25(8-12-35-13-9-25)30-15-17-14-18(4-5-21(17)36(30,33)34)28-23-22-20(7-11-27-24(22)32)31(29-23)19(6-10-26)16-2-3-16/h4-5,14,16,19-20,22-23,28-29H,2-3,6-9,11-13,15H2,1H3,(H,27,32)/t19-,20?,22?,23?/m0/s1. The molecule has 4 heterocycles. The number of rotatable bonds is 6. The summed E-state index contributed by atoms with van der Waals surface area (Å²) in [5, 5.41) is 18.1. The number of fused-ring (bicyclic) bond motifs is 2. The summed E-state index contributed by atoms with van der Waals surface area (Å²) < 4.78 is 33.9. The molecule has 5 aliphatic rings. The molecule has 4 atom stereocenters. The number of hydrogen-bond acceptors (Lipinski definition) is 8. The highest BCUT2D eigenvalue weighted by atomic mass is 32.2. The number of hydrogen-bond donors (Lipinski definition) is 3. The van der Waals surface area contributed by atoms with Crippen LogP contribution in [0.4, 0.5) is 5.69 Å². The largest absolute Gasteiger partial charge is 0.381 e. The van der Waals surface area contributed by atoms with Crippen LogP contribution in [0.15, 0.2) is 23.1 Å². The van der Waals surface area contributed by atoms with Crippen LogP contribution in [0.3, 0.4) is 0 Å². The molecule has 1 amide bonds. The molecule has 11 heteroatoms. The highest BCUT2D eigenvalue weighted by Gasteiger charge is 2.52. The van der Waals surface area contributed by atoms with Crippen LogP contribution in [0.25, 0.3) is 0 Å². The number of sulfonamides is 1. The molecule has 4 aliphatic heterocycles. The van der Waals surface area contributed by atoms with Crippen LogP contribution in [0.2, 0.25) is 0 Å². The number of carbonyl (C=O) groups excluding carboxylic acids is 1. The van der Waals surface area contributed by atoms with Crippen LogP contribution < -0.4 is 16.1 Å². The third kappa shape index (κ3) is 4.00. The van der Waals surface area contributed by atoms with Crippen molar-refractivity contribution in [2.24, 2.45) is 11.8 Å². The van der Waals surface area contributed by atoms with Crippen molar-refractivity contribution in [3.63, 3.8) is 0 Å². The van der Waals surface area contributed by atoms with Crippen LogP contribution in [-0.4, -0.2) is 67.2 Å². The van der Waals surface area contributed by atoms with E-state index >= 15 is 0 Å². The van der Waals surface area contributed by atoms with Gasteiger partial charge in [-0.25, -0.2) is 18.9 Å². The fraction of sp³-hybridized carbons (Fsp3) is 0.680. The van der Waals surface area contributed by atoms with Crippen LogP contribution in [-0.2, 0) is 26.1 Å². The first-order valence-corrected chi connectivity index (χ1v) is 14.4. The fourth-order valence-electron chi connectivity index (χ4n) is 6.49. The monoisotopic (exact) mass is 514 g/mol. The summed E-state index contributed by atoms with van der Waals surface area (Å²) in [6.45, 7) is 4.10. The molecule has 1 aromatic carbocycles. The van der Waals surface area contributed by atoms with E-state index in [1.807, 2.05) is 13.0 Å². The van der Waals surface area contributed by atoms with Crippen LogP contribution in [0.1, 0.15) is 51.0 Å². The fourth-order valence-corrected chi connectivity index (χ4v) is 8.50. The molecule has 6 rings (SSSR count). The second-order valence-electron chi connectivity index (χ2n) is 11.0. The van der Waals surface area contributed by atoms with Crippen molar-refractivity contribution in [2.75, 3.05) is 25.1 Å². The summed E-state index contributed by atoms with van der Waals surface area (Å²) in [5.41, 5.74) is 4.63. The summed E-state index contributed by atoms with van der Waals surface area (Å²) >= 11 is 0. The Morgan fingerprint density at radius 2 is 2.06 bits per heavy atom. The van der Waals surface area contributed by atoms with E-state index in [9.17, 15) is 18.5 Å². The second kappa shape index (κ2) is 8.96. The molecule has 1 aromatic rings. The predicted octanol–water partition coefficient (Wildman–Crippen LogP) is 1.52. The quantitative estimate of drug-likeness (QED) is 0.522. The Kier molecular flexibility index (Phi) is 6.00. The van der Waals surface area contributed by atoms with Gasteiger partial charge in [0.25, 0.3) is 0 Å². The van der Waals surface area contributed by atoms with E-state index in [0.717, 1.165) is 30.5 Å². The first-order chi connectivity index (χ1) is 17.3. The van der Waals surface area contributed by atoms with Crippen molar-refractivity contribution in [1.82, 2.24) is 20.1 Å². The topological polar surface area (TPSA) is 127 Å². The Balaban J connectivity index is 1.25. The lowest BCUT2D eigenvalue weighted by Crippen LogP contribution is -2.52. The lowest BCUT2D eigenvalue weighted by molar-refractivity contribution is -0.128. The third-order valence-corrected chi connectivity index (χ3v) is 10.8. The van der Waals surface area contributed by atoms with Gasteiger partial charge in [-0.3, -0.25) is 4.79 Å². The van der Waals surface area contributed by atoms with Gasteiger partial charge in [-0.1, -0.05) is 0 Å². The van der Waals surface area contributed by atoms with Gasteiger partial charge in [0.15, 0.2) is 0 Å². The molecule has 0 spiro atoms. The molecular weight excluding hydrogens is 480 g/mol. The number of ether oxygens (including phenoxy) is 1. The molecule has 0 bridgehead atoms. The minimum atomic E-state index is -3.57. The van der Waals surface area contributed by atoms with Crippen molar-refractivity contribution < 1.29 is 17.9 Å². The summed E-state index contributed by atoms with van der Waals surface area (Å²) in [5.74, 6) is 0.199. The molecule has 36 heavy (non-hydrogen) atoms. The Hall–Kier alpha value is -2.23. The molecule has 0 radical (unpaired) electrons. The van der Waals surface area contributed by atoms with E-state index in [-0.39, 0.29) is 30.1 Å². The number of nitrogens with zero attached hydrogens (tertiary/aromatic N) is 3. The number of nitriles is 1. The Morgan fingerprint density at radius 1 is 1.28 bits per heavy atom. The molecule has 0 aromatic heterocycles. The number of amides is 1. The maximum Gasteiger partial charge on any atom is 0.244 e. The van der Waals surface area contributed by atoms with E-state index in [1.54, 1.807) is 16.4 Å². The number of piperidine rings is 1. The minimum Gasteiger partial charge on any atom is -0.381 e. The van der Waals surface area contributed by atoms with Gasteiger partial charge < -0.3 is 15.4 Å². The third-order valence-electron chi connectivity index (χ3n) is 8.72. The highest BCUT2D eigenvalue weighted by Crippen LogP contribution is 2.43. The smallest absolute Gasteiger partial charge is 0.244 e. The Morgan fingerprint density at radius 3 is 2.78 bits per heavy atom. The van der Waals surface area contributed by atoms with Crippen molar-refractivity contribution >= 4 is 21.6 Å². The van der Waals surface area contributed by atoms with E-state index in [4.69, 9.17) is 4.74 Å². The maximum atomic E-state index is 13.4. The minimum absolute atomic E-state index is 0.00705. The summed E-state index contributed by atoms with van der Waals surface area (Å²) in [7, 11) is -3.57. The molecule has 10 nitrogen and oxygen atoms in total. The van der Waals surface area contributed by atoms with Gasteiger partial charge in [-0.05, 0) is 68.7 Å². The van der Waals surface area contributed by atoms with Gasteiger partial charge in [0.05, 0.1) is 23.3 Å². The maximum absolute atomic E-state index is 13.4. The number of anilines is 1. The van der Waals surface area contributed by atoms with Crippen molar-refractivity contribution in [2.45, 2.75) is 80.7 Å². The number of nitrogens with one attached hydrogen (secondary N) is 3. The second-order valence-corrected chi connectivity index (χ2v) is 12.9. The predicted molar refractivity (Wildman–Crippen MR) is 132 cm³/mol. The molecule has 3 saturated heterocycles. The van der Waals surface area contributed by atoms with Crippen LogP contribution >= 0.6 is 0 Å². The van der Waals surface area contributed by atoms with Gasteiger partial charge in [0, 0.05) is 49.6 Å². The zero-order valence-electron chi connectivity index (χ0n) is 20.6. The average molecular weight is 515 g/mol. The zero-order chi connectivity index (χ0) is 25.1. The number of hydrazine groups is 1. The van der Waals surface area contributed by atoms with Crippen LogP contribution in [0.5, 0.6) is 0 Å². The molecule has 3 N–H and O–H groups in total. The number of benzene rings is 1. The molecule has 1 saturated carbocycles. The van der Waals surface area contributed by atoms with Crippen molar-refractivity contribution in [3.8, 4) is 6.07 Å². The van der Waals surface area contributed by atoms with Gasteiger partial charge in [-0.15, -0.1) is 0 Å². The average Bonchev–Trinajstić information content (AvgIpc) is 3.57. The lowest BCUT2D eigenvalue weighted by atomic mass is 9.90. The van der Waals surface area contributed by atoms with Crippen molar-refractivity contribution in [1.29, 1.82) is 5.26 Å². The van der Waals surface area contributed by atoms with Crippen molar-refractivity contribution in [3.05, 3.63) is 23.8 Å². The van der Waals surface area contributed by atoms with E-state index in [1.165, 1.54) is 0 Å². The van der Waals surface area contributed by atoms with Gasteiger partial charge >= 0.3 is 0 Å². The first kappa shape index (κ1) is 24.1. The van der Waals surface area contributed by atoms with Crippen LogP contribution in [0, 0.1) is 23.2 Å². The molecule has 3 unspecified atom stereocenters. The van der Waals surface area contributed by atoms with E-state index in [2.05, 4.69) is 27.1 Å². The zero-order valence-corrected chi connectivity index (χ0v) is 21.4. The van der Waals surface area contributed by atoms with Gasteiger partial charge in [-0.2, -0.15) is 9.57 Å². The molecule has 4 fully saturated rings. The van der Waals surface area contributed by atoms with E-state index in [0.29, 0.717) is 56.4 Å². The Labute approximate surface area is 212 Å². The van der Waals surface area contributed by atoms with E-state index < -0.39 is 15.6 Å². The number of carbonyl (C=O) groups is 1. The molecule has 1 aliphatic carbocycles. The Bertz CT molecular complexity index is 1190. The SMILES string of the molecule is CC1(N2Cc3cc(NC4NN([C@@H](CC#N)C5CC5)C5CCNC(=O)C45)ccc3S2(=O)=O)CCOCC1. The van der Waals surface area contributed by atoms with Gasteiger partial charge in [0.1, 0.15) is 6.17 Å². The highest BCUT2D eigenvalue weighted by molar-refractivity contribution is 7.89. The molecular formula is C25H34N6O4S. The lowest BCUT2D eigenvalue weighted by Gasteiger charge is -2.40. The summed E-state index contributed by atoms with van der Waals surface area (Å²) in [6, 6.07) is 7.84.